The van der Waals surface area contributed by atoms with Crippen molar-refractivity contribution >= 4 is 5.91 Å². The first-order valence-electron chi connectivity index (χ1n) is 8.68. The van der Waals surface area contributed by atoms with Crippen LogP contribution in [0.5, 0.6) is 11.5 Å². The van der Waals surface area contributed by atoms with Gasteiger partial charge in [0, 0.05) is 18.5 Å². The minimum Gasteiger partial charge on any atom is -0.486 e. The molecule has 1 aromatic rings. The second kappa shape index (κ2) is 6.04. The molecule has 0 radical (unpaired) electrons. The standard InChI is InChI=1S/C18H24N2O3/c19-14-5-3-13(10-14)18(21)20-7-1-2-15(20)12-4-6-16-17(11-12)23-9-8-22-16/h4,6,11,13-15H,1-3,5,7-10,19H2/t13-,14+,15+/m0/s1. The molecule has 2 heterocycles. The van der Waals surface area contributed by atoms with E-state index < -0.39 is 0 Å². The molecule has 1 aliphatic carbocycles. The first kappa shape index (κ1) is 14.8. The van der Waals surface area contributed by atoms with Gasteiger partial charge in [-0.15, -0.1) is 0 Å². The molecule has 3 atom stereocenters. The Balaban J connectivity index is 1.54. The fourth-order valence-electron chi connectivity index (χ4n) is 4.12. The molecule has 2 aliphatic heterocycles. The van der Waals surface area contributed by atoms with Gasteiger partial charge in [0.25, 0.3) is 0 Å². The summed E-state index contributed by atoms with van der Waals surface area (Å²) in [4.78, 5) is 14.9. The van der Waals surface area contributed by atoms with Gasteiger partial charge in [-0.3, -0.25) is 4.79 Å². The number of nitrogens with two attached hydrogens (primary N) is 1. The summed E-state index contributed by atoms with van der Waals surface area (Å²) in [6.45, 7) is 2.04. The van der Waals surface area contributed by atoms with Gasteiger partial charge >= 0.3 is 0 Å². The van der Waals surface area contributed by atoms with Crippen LogP contribution in [-0.2, 0) is 4.79 Å². The summed E-state index contributed by atoms with van der Waals surface area (Å²) in [5.74, 6) is 2.01. The van der Waals surface area contributed by atoms with Crippen molar-refractivity contribution in [3.63, 3.8) is 0 Å². The normalized spacial score (nSPS) is 29.8. The van der Waals surface area contributed by atoms with Crippen LogP contribution in [0.2, 0.25) is 0 Å². The second-order valence-electron chi connectivity index (χ2n) is 6.86. The molecule has 0 unspecified atom stereocenters. The second-order valence-corrected chi connectivity index (χ2v) is 6.86. The molecular weight excluding hydrogens is 292 g/mol. The van der Waals surface area contributed by atoms with Crippen LogP contribution in [0.1, 0.15) is 43.7 Å². The summed E-state index contributed by atoms with van der Waals surface area (Å²) in [5, 5.41) is 0. The molecule has 2 N–H and O–H groups in total. The third-order valence-corrected chi connectivity index (χ3v) is 5.31. The Morgan fingerprint density at radius 3 is 2.74 bits per heavy atom. The van der Waals surface area contributed by atoms with Crippen molar-refractivity contribution in [3.8, 4) is 11.5 Å². The molecule has 23 heavy (non-hydrogen) atoms. The van der Waals surface area contributed by atoms with Crippen LogP contribution >= 0.6 is 0 Å². The number of nitrogens with zero attached hydrogens (tertiary/aromatic N) is 1. The zero-order chi connectivity index (χ0) is 15.8. The van der Waals surface area contributed by atoms with E-state index in [4.69, 9.17) is 15.2 Å². The molecular formula is C18H24N2O3. The third-order valence-electron chi connectivity index (χ3n) is 5.31. The van der Waals surface area contributed by atoms with Crippen molar-refractivity contribution in [2.24, 2.45) is 11.7 Å². The lowest BCUT2D eigenvalue weighted by Gasteiger charge is -2.29. The van der Waals surface area contributed by atoms with Crippen molar-refractivity contribution in [3.05, 3.63) is 23.8 Å². The van der Waals surface area contributed by atoms with E-state index in [1.807, 2.05) is 12.1 Å². The summed E-state index contributed by atoms with van der Waals surface area (Å²) < 4.78 is 11.3. The molecule has 0 bridgehead atoms. The first-order chi connectivity index (χ1) is 11.2. The van der Waals surface area contributed by atoms with E-state index >= 15 is 0 Å². The Bertz CT molecular complexity index is 604. The van der Waals surface area contributed by atoms with E-state index in [2.05, 4.69) is 11.0 Å². The number of benzene rings is 1. The van der Waals surface area contributed by atoms with Crippen molar-refractivity contribution < 1.29 is 14.3 Å². The number of hydrogen-bond donors (Lipinski definition) is 1. The predicted octanol–water partition coefficient (Wildman–Crippen LogP) is 2.25. The number of fused-ring (bicyclic) bond motifs is 1. The first-order valence-corrected chi connectivity index (χ1v) is 8.68. The molecule has 0 aromatic heterocycles. The predicted molar refractivity (Wildman–Crippen MR) is 86.4 cm³/mol. The number of carbonyl (C=O) groups excluding carboxylic acids is 1. The molecule has 124 valence electrons. The Morgan fingerprint density at radius 1 is 1.13 bits per heavy atom. The van der Waals surface area contributed by atoms with Gasteiger partial charge in [0.1, 0.15) is 13.2 Å². The number of rotatable bonds is 2. The highest BCUT2D eigenvalue weighted by Gasteiger charge is 2.37. The Hall–Kier alpha value is -1.75. The molecule has 1 saturated heterocycles. The average Bonchev–Trinajstić information content (AvgIpc) is 3.23. The van der Waals surface area contributed by atoms with Crippen LogP contribution in [0.3, 0.4) is 0 Å². The van der Waals surface area contributed by atoms with Crippen molar-refractivity contribution in [2.75, 3.05) is 19.8 Å². The molecule has 1 aromatic carbocycles. The molecule has 3 aliphatic rings. The summed E-state index contributed by atoms with van der Waals surface area (Å²) >= 11 is 0. The third kappa shape index (κ3) is 2.78. The number of hydrogen-bond acceptors (Lipinski definition) is 4. The Morgan fingerprint density at radius 2 is 1.96 bits per heavy atom. The highest BCUT2D eigenvalue weighted by molar-refractivity contribution is 5.80. The minimum absolute atomic E-state index is 0.114. The van der Waals surface area contributed by atoms with Crippen LogP contribution in [0.15, 0.2) is 18.2 Å². The zero-order valence-corrected chi connectivity index (χ0v) is 13.4. The maximum atomic E-state index is 12.9. The molecule has 0 spiro atoms. The number of carbonyl (C=O) groups is 1. The van der Waals surface area contributed by atoms with Gasteiger partial charge in [-0.05, 0) is 49.8 Å². The molecule has 1 amide bonds. The van der Waals surface area contributed by atoms with Gasteiger partial charge in [0.05, 0.1) is 6.04 Å². The smallest absolute Gasteiger partial charge is 0.226 e. The van der Waals surface area contributed by atoms with Gasteiger partial charge < -0.3 is 20.1 Å². The quantitative estimate of drug-likeness (QED) is 0.909. The lowest BCUT2D eigenvalue weighted by atomic mass is 10.0. The van der Waals surface area contributed by atoms with Crippen molar-refractivity contribution in [1.29, 1.82) is 0 Å². The van der Waals surface area contributed by atoms with Crippen molar-refractivity contribution in [1.82, 2.24) is 4.90 Å². The van der Waals surface area contributed by atoms with E-state index in [0.29, 0.717) is 13.2 Å². The van der Waals surface area contributed by atoms with Crippen LogP contribution in [0, 0.1) is 5.92 Å². The molecule has 5 heteroatoms. The van der Waals surface area contributed by atoms with Gasteiger partial charge in [0.2, 0.25) is 5.91 Å². The maximum absolute atomic E-state index is 12.9. The van der Waals surface area contributed by atoms with E-state index in [1.54, 1.807) is 0 Å². The van der Waals surface area contributed by atoms with Crippen LogP contribution in [0.4, 0.5) is 0 Å². The highest BCUT2D eigenvalue weighted by atomic mass is 16.6. The van der Waals surface area contributed by atoms with Gasteiger partial charge in [0.15, 0.2) is 11.5 Å². The Labute approximate surface area is 136 Å². The van der Waals surface area contributed by atoms with Crippen LogP contribution in [-0.4, -0.2) is 36.6 Å². The Kier molecular flexibility index (Phi) is 3.89. The fraction of sp³-hybridized carbons (Fsp3) is 0.611. The zero-order valence-electron chi connectivity index (χ0n) is 13.4. The maximum Gasteiger partial charge on any atom is 0.226 e. The SMILES string of the molecule is N[C@@H]1CC[C@H](C(=O)N2CCC[C@@H]2c2ccc3c(c2)OCCO3)C1. The summed E-state index contributed by atoms with van der Waals surface area (Å²) in [7, 11) is 0. The summed E-state index contributed by atoms with van der Waals surface area (Å²) in [6, 6.07) is 6.44. The van der Waals surface area contributed by atoms with Gasteiger partial charge in [-0.2, -0.15) is 0 Å². The molecule has 2 fully saturated rings. The minimum atomic E-state index is 0.114. The van der Waals surface area contributed by atoms with Gasteiger partial charge in [-0.25, -0.2) is 0 Å². The van der Waals surface area contributed by atoms with Gasteiger partial charge in [-0.1, -0.05) is 6.07 Å². The summed E-state index contributed by atoms with van der Waals surface area (Å²) in [6.07, 6.45) is 4.82. The number of ether oxygens (including phenoxy) is 2. The highest BCUT2D eigenvalue weighted by Crippen LogP contribution is 2.39. The largest absolute Gasteiger partial charge is 0.486 e. The molecule has 4 rings (SSSR count). The van der Waals surface area contributed by atoms with Crippen LogP contribution in [0.25, 0.3) is 0 Å². The number of likely N-dealkylation sites (tertiary alicyclic amines) is 1. The van der Waals surface area contributed by atoms with E-state index in [0.717, 1.165) is 55.7 Å². The van der Waals surface area contributed by atoms with E-state index in [1.165, 1.54) is 0 Å². The van der Waals surface area contributed by atoms with Crippen molar-refractivity contribution in [2.45, 2.75) is 44.2 Å². The topological polar surface area (TPSA) is 64.8 Å². The fourth-order valence-corrected chi connectivity index (χ4v) is 4.12. The van der Waals surface area contributed by atoms with E-state index in [9.17, 15) is 4.79 Å². The molecule has 1 saturated carbocycles. The monoisotopic (exact) mass is 316 g/mol. The summed E-state index contributed by atoms with van der Waals surface area (Å²) in [5.41, 5.74) is 7.14. The van der Waals surface area contributed by atoms with Crippen LogP contribution < -0.4 is 15.2 Å². The number of amides is 1. The van der Waals surface area contributed by atoms with E-state index in [-0.39, 0.29) is 23.9 Å². The average molecular weight is 316 g/mol. The lowest BCUT2D eigenvalue weighted by Crippen LogP contribution is -2.35. The lowest BCUT2D eigenvalue weighted by molar-refractivity contribution is -0.136. The molecule has 5 nitrogen and oxygen atoms in total.